The third kappa shape index (κ3) is 3.77. The van der Waals surface area contributed by atoms with E-state index in [1.165, 1.54) is 19.8 Å². The summed E-state index contributed by atoms with van der Waals surface area (Å²) in [6.45, 7) is 1.61. The molecule has 1 atom stereocenters. The van der Waals surface area contributed by atoms with Crippen LogP contribution < -0.4 is 5.73 Å². The minimum Gasteiger partial charge on any atom is -0.350 e. The number of carbonyl (C=O) groups excluding carboxylic acids is 1. The molecular weight excluding hydrogens is 340 g/mol. The van der Waals surface area contributed by atoms with Gasteiger partial charge in [-0.1, -0.05) is 30.0 Å². The highest BCUT2D eigenvalue weighted by atomic mass is 32.1. The number of rotatable bonds is 3. The SMILES string of the molecule is C[C@H](C#Cc1ccc(Cc2cc3ccccc3s2)s1)N(O)C(N)=O. The number of fused-ring (bicyclic) bond motifs is 1. The lowest BCUT2D eigenvalue weighted by molar-refractivity contribution is -0.0536. The van der Waals surface area contributed by atoms with Crippen molar-refractivity contribution in [3.63, 3.8) is 0 Å². The molecule has 4 nitrogen and oxygen atoms in total. The lowest BCUT2D eigenvalue weighted by Crippen LogP contribution is -2.38. The van der Waals surface area contributed by atoms with E-state index < -0.39 is 12.1 Å². The normalized spacial score (nSPS) is 11.8. The van der Waals surface area contributed by atoms with Crippen molar-refractivity contribution in [3.8, 4) is 11.8 Å². The number of amides is 2. The first-order chi connectivity index (χ1) is 11.5. The molecule has 3 rings (SSSR count). The highest BCUT2D eigenvalue weighted by Crippen LogP contribution is 2.28. The Morgan fingerprint density at radius 1 is 1.25 bits per heavy atom. The fourth-order valence-electron chi connectivity index (χ4n) is 2.26. The summed E-state index contributed by atoms with van der Waals surface area (Å²) in [5.41, 5.74) is 5.00. The monoisotopic (exact) mass is 356 g/mol. The second-order valence-electron chi connectivity index (χ2n) is 5.32. The Balaban J connectivity index is 1.71. The third-order valence-corrected chi connectivity index (χ3v) is 5.60. The average molecular weight is 356 g/mol. The van der Waals surface area contributed by atoms with Gasteiger partial charge in [-0.15, -0.1) is 22.7 Å². The number of benzene rings is 1. The highest BCUT2D eigenvalue weighted by Gasteiger charge is 2.12. The molecule has 0 radical (unpaired) electrons. The van der Waals surface area contributed by atoms with Crippen LogP contribution in [-0.2, 0) is 6.42 Å². The molecule has 0 aliphatic rings. The number of hydrogen-bond donors (Lipinski definition) is 2. The molecule has 0 saturated heterocycles. The topological polar surface area (TPSA) is 66.6 Å². The van der Waals surface area contributed by atoms with Gasteiger partial charge in [0.2, 0.25) is 0 Å². The van der Waals surface area contributed by atoms with Gasteiger partial charge in [-0.2, -0.15) is 5.06 Å². The summed E-state index contributed by atoms with van der Waals surface area (Å²) in [7, 11) is 0. The second kappa shape index (κ2) is 7.05. The van der Waals surface area contributed by atoms with Gasteiger partial charge in [0.25, 0.3) is 0 Å². The molecule has 6 heteroatoms. The summed E-state index contributed by atoms with van der Waals surface area (Å²) in [6.07, 6.45) is 0.884. The van der Waals surface area contributed by atoms with Gasteiger partial charge in [0.15, 0.2) is 0 Å². The van der Waals surface area contributed by atoms with Crippen LogP contribution in [-0.4, -0.2) is 22.3 Å². The number of carbonyl (C=O) groups is 1. The van der Waals surface area contributed by atoms with Crippen LogP contribution in [0.4, 0.5) is 4.79 Å². The smallest absolute Gasteiger partial charge is 0.339 e. The van der Waals surface area contributed by atoms with E-state index in [0.29, 0.717) is 5.06 Å². The van der Waals surface area contributed by atoms with Gasteiger partial charge in [0.1, 0.15) is 6.04 Å². The third-order valence-electron chi connectivity index (χ3n) is 3.48. The molecule has 3 aromatic rings. The number of thiophene rings is 2. The first-order valence-electron chi connectivity index (χ1n) is 7.38. The molecule has 0 aliphatic heterocycles. The van der Waals surface area contributed by atoms with Gasteiger partial charge in [0, 0.05) is 20.9 Å². The van der Waals surface area contributed by atoms with E-state index >= 15 is 0 Å². The van der Waals surface area contributed by atoms with Crippen molar-refractivity contribution in [1.82, 2.24) is 5.06 Å². The van der Waals surface area contributed by atoms with E-state index in [1.807, 2.05) is 6.07 Å². The van der Waals surface area contributed by atoms with E-state index in [1.54, 1.807) is 29.6 Å². The van der Waals surface area contributed by atoms with Crippen molar-refractivity contribution in [2.45, 2.75) is 19.4 Å². The molecule has 0 unspecified atom stereocenters. The zero-order chi connectivity index (χ0) is 17.1. The minimum atomic E-state index is -0.909. The molecule has 0 fully saturated rings. The number of primary amides is 1. The first kappa shape index (κ1) is 16.5. The van der Waals surface area contributed by atoms with Gasteiger partial charge in [-0.25, -0.2) is 4.79 Å². The summed E-state index contributed by atoms with van der Waals surface area (Å²) < 4.78 is 1.30. The fraction of sp³-hybridized carbons (Fsp3) is 0.167. The van der Waals surface area contributed by atoms with Crippen molar-refractivity contribution in [2.24, 2.45) is 5.73 Å². The van der Waals surface area contributed by atoms with Crippen molar-refractivity contribution in [3.05, 3.63) is 57.1 Å². The Morgan fingerprint density at radius 3 is 2.79 bits per heavy atom. The molecule has 24 heavy (non-hydrogen) atoms. The van der Waals surface area contributed by atoms with Crippen LogP contribution in [0.5, 0.6) is 0 Å². The summed E-state index contributed by atoms with van der Waals surface area (Å²) in [5, 5.41) is 11.1. The van der Waals surface area contributed by atoms with E-state index in [0.717, 1.165) is 11.3 Å². The number of hydroxylamine groups is 2. The Labute approximate surface area is 148 Å². The van der Waals surface area contributed by atoms with Crippen LogP contribution in [0, 0.1) is 11.8 Å². The summed E-state index contributed by atoms with van der Waals surface area (Å²) in [5.74, 6) is 5.79. The number of nitrogens with zero attached hydrogens (tertiary/aromatic N) is 1. The molecule has 3 N–H and O–H groups in total. The van der Waals surface area contributed by atoms with Crippen molar-refractivity contribution in [1.29, 1.82) is 0 Å². The maximum Gasteiger partial charge on any atom is 0.339 e. The zero-order valence-corrected chi connectivity index (χ0v) is 14.7. The molecule has 2 amide bonds. The summed E-state index contributed by atoms with van der Waals surface area (Å²) in [4.78, 5) is 14.3. The number of urea groups is 1. The summed E-state index contributed by atoms with van der Waals surface area (Å²) >= 11 is 3.42. The Hall–Kier alpha value is -2.33. The second-order valence-corrected chi connectivity index (χ2v) is 7.66. The van der Waals surface area contributed by atoms with Crippen LogP contribution in [0.15, 0.2) is 42.5 Å². The first-order valence-corrected chi connectivity index (χ1v) is 9.01. The molecule has 0 aliphatic carbocycles. The maximum absolute atomic E-state index is 10.9. The van der Waals surface area contributed by atoms with Crippen molar-refractivity contribution >= 4 is 38.8 Å². The standard InChI is InChI=1S/C18H16N2O2S2/c1-12(20(22)18(19)21)6-7-14-8-9-15(23-14)11-16-10-13-4-2-3-5-17(13)24-16/h2-5,8-10,12,22H,11H2,1H3,(H2,19,21)/t12-/m1/s1. The molecular formula is C18H16N2O2S2. The van der Waals surface area contributed by atoms with Crippen LogP contribution in [0.25, 0.3) is 10.1 Å². The van der Waals surface area contributed by atoms with Gasteiger partial charge in [0.05, 0.1) is 4.88 Å². The number of hydrogen-bond acceptors (Lipinski definition) is 4. The van der Waals surface area contributed by atoms with E-state index in [9.17, 15) is 10.0 Å². The fourth-order valence-corrected chi connectivity index (χ4v) is 4.33. The average Bonchev–Trinajstić information content (AvgIpc) is 3.17. The van der Waals surface area contributed by atoms with Gasteiger partial charge >= 0.3 is 6.03 Å². The van der Waals surface area contributed by atoms with E-state index in [-0.39, 0.29) is 0 Å². The molecule has 0 saturated carbocycles. The molecule has 2 heterocycles. The predicted octanol–water partition coefficient (Wildman–Crippen LogP) is 4.06. The Morgan fingerprint density at radius 2 is 2.04 bits per heavy atom. The zero-order valence-electron chi connectivity index (χ0n) is 13.0. The molecule has 2 aromatic heterocycles. The van der Waals surface area contributed by atoms with E-state index in [2.05, 4.69) is 48.2 Å². The van der Waals surface area contributed by atoms with Crippen molar-refractivity contribution < 1.29 is 10.0 Å². The Kier molecular flexibility index (Phi) is 4.86. The van der Waals surface area contributed by atoms with Crippen molar-refractivity contribution in [2.75, 3.05) is 0 Å². The predicted molar refractivity (Wildman–Crippen MR) is 98.5 cm³/mol. The highest BCUT2D eigenvalue weighted by molar-refractivity contribution is 7.19. The molecule has 0 spiro atoms. The lowest BCUT2D eigenvalue weighted by atomic mass is 10.2. The molecule has 122 valence electrons. The van der Waals surface area contributed by atoms with Crippen LogP contribution in [0.3, 0.4) is 0 Å². The van der Waals surface area contributed by atoms with Crippen LogP contribution >= 0.6 is 22.7 Å². The minimum absolute atomic E-state index is 0.429. The van der Waals surface area contributed by atoms with Gasteiger partial charge < -0.3 is 5.73 Å². The quantitative estimate of drug-likeness (QED) is 0.422. The van der Waals surface area contributed by atoms with E-state index in [4.69, 9.17) is 5.73 Å². The van der Waals surface area contributed by atoms with Gasteiger partial charge in [-0.3, -0.25) is 5.21 Å². The van der Waals surface area contributed by atoms with Crippen LogP contribution in [0.2, 0.25) is 0 Å². The van der Waals surface area contributed by atoms with Gasteiger partial charge in [-0.05, 0) is 36.6 Å². The largest absolute Gasteiger partial charge is 0.350 e. The molecule has 1 aromatic carbocycles. The number of nitrogens with two attached hydrogens (primary N) is 1. The molecule has 0 bridgehead atoms. The lowest BCUT2D eigenvalue weighted by Gasteiger charge is -2.14. The summed E-state index contributed by atoms with van der Waals surface area (Å²) in [6, 6.07) is 13.1. The Bertz CT molecular complexity index is 900. The van der Waals surface area contributed by atoms with Crippen LogP contribution in [0.1, 0.15) is 21.6 Å². The maximum atomic E-state index is 10.9.